The van der Waals surface area contributed by atoms with Crippen LogP contribution in [0.3, 0.4) is 0 Å². The highest BCUT2D eigenvalue weighted by atomic mass is 19.4. The van der Waals surface area contributed by atoms with Crippen LogP contribution >= 0.6 is 0 Å². The van der Waals surface area contributed by atoms with Crippen molar-refractivity contribution >= 4 is 5.91 Å². The summed E-state index contributed by atoms with van der Waals surface area (Å²) < 4.78 is 65.4. The Morgan fingerprint density at radius 2 is 1.88 bits per heavy atom. The van der Waals surface area contributed by atoms with Gasteiger partial charge in [-0.2, -0.15) is 22.0 Å². The Morgan fingerprint density at radius 1 is 1.31 bits per heavy atom. The molecule has 1 saturated heterocycles. The number of rotatable bonds is 2. The van der Waals surface area contributed by atoms with Gasteiger partial charge in [0, 0.05) is 6.61 Å². The molecule has 8 heteroatoms. The van der Waals surface area contributed by atoms with Crippen LogP contribution < -0.4 is 5.32 Å². The average molecular weight is 247 g/mol. The van der Waals surface area contributed by atoms with Crippen molar-refractivity contribution in [2.45, 2.75) is 37.6 Å². The Kier molecular flexibility index (Phi) is 3.41. The number of hydrogen-bond donors (Lipinski definition) is 1. The van der Waals surface area contributed by atoms with E-state index in [0.29, 0.717) is 0 Å². The second-order valence-electron chi connectivity index (χ2n) is 3.52. The number of nitrogens with one attached hydrogen (secondary N) is 1. The van der Waals surface area contributed by atoms with Gasteiger partial charge in [0.25, 0.3) is 0 Å². The monoisotopic (exact) mass is 247 g/mol. The SMILES string of the molecule is CC1OCCC1NC(=O)C(F)(F)C(F)(F)F. The summed E-state index contributed by atoms with van der Waals surface area (Å²) in [6, 6.07) is -0.805. The van der Waals surface area contributed by atoms with Crippen LogP contribution in [-0.4, -0.2) is 36.8 Å². The lowest BCUT2D eigenvalue weighted by molar-refractivity contribution is -0.270. The van der Waals surface area contributed by atoms with E-state index in [-0.39, 0.29) is 13.0 Å². The van der Waals surface area contributed by atoms with Gasteiger partial charge in [0.05, 0.1) is 12.1 Å². The third-order valence-corrected chi connectivity index (χ3v) is 2.33. The highest BCUT2D eigenvalue weighted by Gasteiger charge is 2.63. The average Bonchev–Trinajstić information content (AvgIpc) is 2.49. The van der Waals surface area contributed by atoms with E-state index < -0.39 is 30.2 Å². The zero-order valence-electron chi connectivity index (χ0n) is 8.28. The molecule has 1 amide bonds. The lowest BCUT2D eigenvalue weighted by atomic mass is 10.1. The second kappa shape index (κ2) is 4.15. The standard InChI is InChI=1S/C8H10F5NO2/c1-4-5(2-3-16-4)14-6(15)7(9,10)8(11,12)13/h4-5H,2-3H2,1H3,(H,14,15). The first-order valence-corrected chi connectivity index (χ1v) is 4.53. The predicted molar refractivity (Wildman–Crippen MR) is 43.0 cm³/mol. The van der Waals surface area contributed by atoms with Crippen molar-refractivity contribution in [3.8, 4) is 0 Å². The Bertz CT molecular complexity index is 278. The molecule has 0 spiro atoms. The fourth-order valence-electron chi connectivity index (χ4n) is 1.31. The maximum absolute atomic E-state index is 12.5. The van der Waals surface area contributed by atoms with Gasteiger partial charge in [-0.1, -0.05) is 0 Å². The summed E-state index contributed by atoms with van der Waals surface area (Å²) in [6.45, 7) is 1.72. The molecule has 0 radical (unpaired) electrons. The van der Waals surface area contributed by atoms with Crippen LogP contribution in [0.2, 0.25) is 0 Å². The first-order valence-electron chi connectivity index (χ1n) is 4.53. The molecule has 1 aliphatic heterocycles. The molecular formula is C8H10F5NO2. The summed E-state index contributed by atoms with van der Waals surface area (Å²) >= 11 is 0. The Morgan fingerprint density at radius 3 is 2.25 bits per heavy atom. The molecule has 16 heavy (non-hydrogen) atoms. The van der Waals surface area contributed by atoms with Crippen LogP contribution in [0.5, 0.6) is 0 Å². The molecule has 0 aromatic carbocycles. The van der Waals surface area contributed by atoms with Crippen LogP contribution in [0.4, 0.5) is 22.0 Å². The van der Waals surface area contributed by atoms with E-state index in [0.717, 1.165) is 0 Å². The van der Waals surface area contributed by atoms with Crippen molar-refractivity contribution in [1.82, 2.24) is 5.32 Å². The van der Waals surface area contributed by atoms with Crippen LogP contribution in [0.25, 0.3) is 0 Å². The zero-order chi connectivity index (χ0) is 12.6. The number of hydrogen-bond acceptors (Lipinski definition) is 2. The van der Waals surface area contributed by atoms with E-state index in [4.69, 9.17) is 4.74 Å². The molecule has 1 aliphatic rings. The van der Waals surface area contributed by atoms with Gasteiger partial charge < -0.3 is 10.1 Å². The second-order valence-corrected chi connectivity index (χ2v) is 3.52. The predicted octanol–water partition coefficient (Wildman–Crippen LogP) is 1.48. The largest absolute Gasteiger partial charge is 0.463 e. The topological polar surface area (TPSA) is 38.3 Å². The van der Waals surface area contributed by atoms with Gasteiger partial charge in [-0.15, -0.1) is 0 Å². The molecular weight excluding hydrogens is 237 g/mol. The maximum Gasteiger partial charge on any atom is 0.463 e. The number of alkyl halides is 5. The van der Waals surface area contributed by atoms with Crippen molar-refractivity contribution in [1.29, 1.82) is 0 Å². The molecule has 0 bridgehead atoms. The highest BCUT2D eigenvalue weighted by Crippen LogP contribution is 2.35. The van der Waals surface area contributed by atoms with E-state index in [9.17, 15) is 26.7 Å². The minimum atomic E-state index is -5.88. The minimum absolute atomic E-state index is 0.223. The van der Waals surface area contributed by atoms with Gasteiger partial charge in [0.15, 0.2) is 0 Å². The lowest BCUT2D eigenvalue weighted by Crippen LogP contribution is -2.54. The van der Waals surface area contributed by atoms with Gasteiger partial charge in [-0.05, 0) is 13.3 Å². The Hall–Kier alpha value is -0.920. The normalized spacial score (nSPS) is 26.9. The first kappa shape index (κ1) is 13.1. The molecule has 1 fully saturated rings. The van der Waals surface area contributed by atoms with Crippen molar-refractivity contribution in [3.63, 3.8) is 0 Å². The van der Waals surface area contributed by atoms with Gasteiger partial charge in [0.1, 0.15) is 0 Å². The van der Waals surface area contributed by atoms with Crippen molar-refractivity contribution in [2.75, 3.05) is 6.61 Å². The van der Waals surface area contributed by atoms with E-state index in [1.54, 1.807) is 5.32 Å². The third kappa shape index (κ3) is 2.42. The summed E-state index contributed by atoms with van der Waals surface area (Å²) in [4.78, 5) is 10.8. The molecule has 1 rings (SSSR count). The molecule has 0 aromatic heterocycles. The molecule has 0 saturated carbocycles. The quantitative estimate of drug-likeness (QED) is 0.750. The molecule has 1 heterocycles. The van der Waals surface area contributed by atoms with Crippen molar-refractivity contribution < 1.29 is 31.5 Å². The third-order valence-electron chi connectivity index (χ3n) is 2.33. The van der Waals surface area contributed by atoms with Crippen LogP contribution in [0.1, 0.15) is 13.3 Å². The van der Waals surface area contributed by atoms with E-state index >= 15 is 0 Å². The number of amides is 1. The fourth-order valence-corrected chi connectivity index (χ4v) is 1.31. The number of carbonyl (C=O) groups is 1. The van der Waals surface area contributed by atoms with Crippen LogP contribution in [0.15, 0.2) is 0 Å². The summed E-state index contributed by atoms with van der Waals surface area (Å²) in [5.41, 5.74) is 0. The van der Waals surface area contributed by atoms with Crippen LogP contribution in [0, 0.1) is 0 Å². The fraction of sp³-hybridized carbons (Fsp3) is 0.875. The minimum Gasteiger partial charge on any atom is -0.376 e. The van der Waals surface area contributed by atoms with Gasteiger partial charge in [-0.3, -0.25) is 4.79 Å². The number of halogens is 5. The molecule has 1 N–H and O–H groups in total. The lowest BCUT2D eigenvalue weighted by Gasteiger charge is -2.22. The Labute approximate surface area is 87.9 Å². The molecule has 94 valence electrons. The Balaban J connectivity index is 2.65. The summed E-state index contributed by atoms with van der Waals surface area (Å²) in [6.07, 6.45) is -6.21. The van der Waals surface area contributed by atoms with E-state index in [1.165, 1.54) is 6.92 Å². The molecule has 2 atom stereocenters. The highest BCUT2D eigenvalue weighted by molar-refractivity contribution is 5.84. The molecule has 0 aliphatic carbocycles. The molecule has 0 aromatic rings. The zero-order valence-corrected chi connectivity index (χ0v) is 8.28. The first-order chi connectivity index (χ1) is 7.16. The van der Waals surface area contributed by atoms with E-state index in [1.807, 2.05) is 0 Å². The summed E-state index contributed by atoms with van der Waals surface area (Å²) in [5.74, 6) is -7.70. The van der Waals surface area contributed by atoms with E-state index in [2.05, 4.69) is 0 Å². The van der Waals surface area contributed by atoms with Crippen molar-refractivity contribution in [3.05, 3.63) is 0 Å². The van der Waals surface area contributed by atoms with Crippen LogP contribution in [-0.2, 0) is 9.53 Å². The molecule has 2 unspecified atom stereocenters. The van der Waals surface area contributed by atoms with Crippen molar-refractivity contribution in [2.24, 2.45) is 0 Å². The van der Waals surface area contributed by atoms with Gasteiger partial charge in [0.2, 0.25) is 0 Å². The van der Waals surface area contributed by atoms with Gasteiger partial charge in [-0.25, -0.2) is 0 Å². The number of carbonyl (C=O) groups excluding carboxylic acids is 1. The molecule has 3 nitrogen and oxygen atoms in total. The van der Waals surface area contributed by atoms with Gasteiger partial charge >= 0.3 is 18.0 Å². The maximum atomic E-state index is 12.5. The summed E-state index contributed by atoms with van der Waals surface area (Å²) in [7, 11) is 0. The summed E-state index contributed by atoms with van der Waals surface area (Å²) in [5, 5.41) is 1.64. The smallest absolute Gasteiger partial charge is 0.376 e. The number of ether oxygens (including phenoxy) is 1.